The Kier molecular flexibility index (Phi) is 5.91. The number of carbonyl (C=O) groups excluding carboxylic acids is 2. The molecule has 0 aromatic carbocycles. The topological polar surface area (TPSA) is 132 Å². The fourth-order valence-corrected chi connectivity index (χ4v) is 2.13. The Balaban J connectivity index is 2.64. The van der Waals surface area contributed by atoms with E-state index in [1.165, 1.54) is 0 Å². The van der Waals surface area contributed by atoms with Crippen molar-refractivity contribution >= 4 is 34.1 Å². The summed E-state index contributed by atoms with van der Waals surface area (Å²) in [6, 6.07) is 0. The van der Waals surface area contributed by atoms with Crippen molar-refractivity contribution in [1.29, 1.82) is 0 Å². The number of anilines is 2. The van der Waals surface area contributed by atoms with E-state index < -0.39 is 11.3 Å². The molecule has 0 saturated carbocycles. The van der Waals surface area contributed by atoms with Gasteiger partial charge in [-0.3, -0.25) is 9.59 Å². The first-order valence-corrected chi connectivity index (χ1v) is 7.17. The van der Waals surface area contributed by atoms with Crippen molar-refractivity contribution in [1.82, 2.24) is 10.3 Å². The summed E-state index contributed by atoms with van der Waals surface area (Å²) in [6.07, 6.45) is 0. The molecule has 0 atom stereocenters. The zero-order chi connectivity index (χ0) is 16.0. The van der Waals surface area contributed by atoms with Crippen molar-refractivity contribution in [2.24, 2.45) is 11.1 Å². The van der Waals surface area contributed by atoms with Gasteiger partial charge in [-0.15, -0.1) is 0 Å². The van der Waals surface area contributed by atoms with Crippen LogP contribution in [0.2, 0.25) is 0 Å². The number of hydrogen-bond donors (Lipinski definition) is 4. The molecule has 2 amide bonds. The smallest absolute Gasteiger partial charge is 0.265 e. The van der Waals surface area contributed by atoms with Gasteiger partial charge in [-0.1, -0.05) is 11.3 Å². The van der Waals surface area contributed by atoms with E-state index in [9.17, 15) is 9.59 Å². The fourth-order valence-electron chi connectivity index (χ4n) is 1.30. The van der Waals surface area contributed by atoms with Gasteiger partial charge in [-0.25, -0.2) is 4.98 Å². The van der Waals surface area contributed by atoms with Crippen LogP contribution < -0.4 is 22.1 Å². The van der Waals surface area contributed by atoms with Crippen molar-refractivity contribution in [3.05, 3.63) is 4.88 Å². The fraction of sp³-hybridized carbons (Fsp3) is 0.583. The number of rotatable bonds is 8. The monoisotopic (exact) mass is 315 g/mol. The van der Waals surface area contributed by atoms with Crippen molar-refractivity contribution in [3.8, 4) is 0 Å². The Bertz CT molecular complexity index is 515. The molecule has 0 unspecified atom stereocenters. The van der Waals surface area contributed by atoms with Gasteiger partial charge in [0, 0.05) is 20.2 Å². The lowest BCUT2D eigenvalue weighted by molar-refractivity contribution is -0.125. The second-order valence-electron chi connectivity index (χ2n) is 5.08. The van der Waals surface area contributed by atoms with E-state index in [1.54, 1.807) is 21.0 Å². The first-order valence-electron chi connectivity index (χ1n) is 6.35. The Morgan fingerprint density at radius 1 is 1.43 bits per heavy atom. The first-order chi connectivity index (χ1) is 9.77. The third-order valence-electron chi connectivity index (χ3n) is 2.80. The lowest BCUT2D eigenvalue weighted by Gasteiger charge is -2.20. The van der Waals surface area contributed by atoms with Gasteiger partial charge in [0.1, 0.15) is 10.7 Å². The highest BCUT2D eigenvalue weighted by atomic mass is 32.1. The van der Waals surface area contributed by atoms with Crippen LogP contribution in [0.4, 0.5) is 10.9 Å². The summed E-state index contributed by atoms with van der Waals surface area (Å²) in [5.74, 6) is -0.713. The minimum absolute atomic E-state index is 0.130. The molecule has 1 heterocycles. The number of aromatic nitrogens is 1. The number of ether oxygens (including phenoxy) is 1. The summed E-state index contributed by atoms with van der Waals surface area (Å²) in [6.45, 7) is 4.53. The van der Waals surface area contributed by atoms with E-state index in [0.717, 1.165) is 11.3 Å². The standard InChI is InChI=1S/C12H21N5O3S/c1-12(2,10(14)19)6-16-9(18)7-8(13)17-11(21-7)15-4-5-20-3/h4-6,13H2,1-3H3,(H2,14,19)(H,15,17)(H,16,18). The van der Waals surface area contributed by atoms with Crippen molar-refractivity contribution in [2.45, 2.75) is 13.8 Å². The summed E-state index contributed by atoms with van der Waals surface area (Å²) >= 11 is 1.15. The summed E-state index contributed by atoms with van der Waals surface area (Å²) in [5, 5.41) is 6.19. The quantitative estimate of drug-likeness (QED) is 0.500. The molecular weight excluding hydrogens is 294 g/mol. The summed E-state index contributed by atoms with van der Waals surface area (Å²) in [4.78, 5) is 27.6. The van der Waals surface area contributed by atoms with Gasteiger partial charge in [0.15, 0.2) is 5.13 Å². The molecule has 0 aliphatic carbocycles. The van der Waals surface area contributed by atoms with E-state index >= 15 is 0 Å². The summed E-state index contributed by atoms with van der Waals surface area (Å²) in [7, 11) is 1.59. The van der Waals surface area contributed by atoms with Crippen LogP contribution >= 0.6 is 11.3 Å². The van der Waals surface area contributed by atoms with Crippen molar-refractivity contribution < 1.29 is 14.3 Å². The van der Waals surface area contributed by atoms with Gasteiger partial charge in [0.2, 0.25) is 5.91 Å². The molecule has 8 nitrogen and oxygen atoms in total. The molecular formula is C12H21N5O3S. The number of amides is 2. The van der Waals surface area contributed by atoms with Gasteiger partial charge < -0.3 is 26.8 Å². The maximum atomic E-state index is 12.1. The van der Waals surface area contributed by atoms with E-state index in [0.29, 0.717) is 23.2 Å². The number of hydrogen-bond acceptors (Lipinski definition) is 7. The number of nitrogens with zero attached hydrogens (tertiary/aromatic N) is 1. The van der Waals surface area contributed by atoms with Crippen LogP contribution in [0.25, 0.3) is 0 Å². The third-order valence-corrected chi connectivity index (χ3v) is 3.83. The Morgan fingerprint density at radius 3 is 2.67 bits per heavy atom. The summed E-state index contributed by atoms with van der Waals surface area (Å²) < 4.78 is 4.91. The molecule has 0 aliphatic rings. The lowest BCUT2D eigenvalue weighted by atomic mass is 9.93. The second kappa shape index (κ2) is 7.23. The maximum Gasteiger partial charge on any atom is 0.265 e. The number of nitrogens with two attached hydrogens (primary N) is 2. The van der Waals surface area contributed by atoms with Crippen LogP contribution in [0, 0.1) is 5.41 Å². The number of carbonyl (C=O) groups is 2. The Morgan fingerprint density at radius 2 is 2.10 bits per heavy atom. The van der Waals surface area contributed by atoms with Crippen LogP contribution in [0.1, 0.15) is 23.5 Å². The van der Waals surface area contributed by atoms with Gasteiger partial charge in [0.25, 0.3) is 5.91 Å². The molecule has 0 spiro atoms. The SMILES string of the molecule is COCCNc1nc(N)c(C(=O)NCC(C)(C)C(N)=O)s1. The molecule has 118 valence electrons. The van der Waals surface area contributed by atoms with Crippen LogP contribution in [-0.2, 0) is 9.53 Å². The van der Waals surface area contributed by atoms with Crippen LogP contribution in [0.5, 0.6) is 0 Å². The second-order valence-corrected chi connectivity index (χ2v) is 6.08. The van der Waals surface area contributed by atoms with E-state index in [2.05, 4.69) is 15.6 Å². The molecule has 1 aromatic rings. The number of nitrogens with one attached hydrogen (secondary N) is 2. The zero-order valence-electron chi connectivity index (χ0n) is 12.4. The largest absolute Gasteiger partial charge is 0.383 e. The minimum Gasteiger partial charge on any atom is -0.383 e. The highest BCUT2D eigenvalue weighted by Crippen LogP contribution is 2.25. The Labute approximate surface area is 127 Å². The average molecular weight is 315 g/mol. The van der Waals surface area contributed by atoms with Crippen molar-refractivity contribution in [2.75, 3.05) is 37.9 Å². The van der Waals surface area contributed by atoms with Gasteiger partial charge in [-0.05, 0) is 13.8 Å². The minimum atomic E-state index is -0.825. The van der Waals surface area contributed by atoms with Crippen LogP contribution in [0.3, 0.4) is 0 Å². The number of primary amides is 1. The number of methoxy groups -OCH3 is 1. The molecule has 1 rings (SSSR count). The van der Waals surface area contributed by atoms with Gasteiger partial charge in [-0.2, -0.15) is 0 Å². The lowest BCUT2D eigenvalue weighted by Crippen LogP contribution is -2.42. The maximum absolute atomic E-state index is 12.1. The van der Waals surface area contributed by atoms with Crippen LogP contribution in [-0.4, -0.2) is 43.6 Å². The molecule has 0 saturated heterocycles. The Hall–Kier alpha value is -1.87. The summed E-state index contributed by atoms with van der Waals surface area (Å²) in [5.41, 5.74) is 10.1. The predicted octanol–water partition coefficient (Wildman–Crippen LogP) is 0.0249. The molecule has 0 aliphatic heterocycles. The molecule has 0 radical (unpaired) electrons. The van der Waals surface area contributed by atoms with E-state index in [-0.39, 0.29) is 18.3 Å². The van der Waals surface area contributed by atoms with Gasteiger partial charge in [0.05, 0.1) is 12.0 Å². The van der Waals surface area contributed by atoms with E-state index in [1.807, 2.05) is 0 Å². The molecule has 0 fully saturated rings. The number of thiazole rings is 1. The van der Waals surface area contributed by atoms with Gasteiger partial charge >= 0.3 is 0 Å². The highest BCUT2D eigenvalue weighted by molar-refractivity contribution is 7.18. The molecule has 21 heavy (non-hydrogen) atoms. The average Bonchev–Trinajstić information content (AvgIpc) is 2.77. The first kappa shape index (κ1) is 17.2. The molecule has 1 aromatic heterocycles. The predicted molar refractivity (Wildman–Crippen MR) is 82.2 cm³/mol. The number of nitrogen functional groups attached to an aromatic ring is 1. The third kappa shape index (κ3) is 4.87. The highest BCUT2D eigenvalue weighted by Gasteiger charge is 2.26. The molecule has 6 N–H and O–H groups in total. The zero-order valence-corrected chi connectivity index (χ0v) is 13.2. The normalized spacial score (nSPS) is 11.2. The molecule has 0 bridgehead atoms. The molecule has 9 heteroatoms. The van der Waals surface area contributed by atoms with Crippen molar-refractivity contribution in [3.63, 3.8) is 0 Å². The van der Waals surface area contributed by atoms with E-state index in [4.69, 9.17) is 16.2 Å². The van der Waals surface area contributed by atoms with Crippen LogP contribution in [0.15, 0.2) is 0 Å².